The third kappa shape index (κ3) is 2.99. The van der Waals surface area contributed by atoms with Gasteiger partial charge in [0.2, 0.25) is 0 Å². The molecule has 0 saturated carbocycles. The average Bonchev–Trinajstić information content (AvgIpc) is 2.87. The van der Waals surface area contributed by atoms with Crippen LogP contribution in [0.3, 0.4) is 0 Å². The number of carboxylic acids is 1. The van der Waals surface area contributed by atoms with E-state index in [0.717, 1.165) is 49.0 Å². The van der Waals surface area contributed by atoms with Crippen LogP contribution in [0.15, 0.2) is 22.7 Å². The Bertz CT molecular complexity index is 717. The van der Waals surface area contributed by atoms with E-state index in [1.807, 2.05) is 13.8 Å². The van der Waals surface area contributed by atoms with Crippen molar-refractivity contribution in [3.05, 3.63) is 40.2 Å². The van der Waals surface area contributed by atoms with E-state index in [0.29, 0.717) is 5.02 Å². The summed E-state index contributed by atoms with van der Waals surface area (Å²) in [6, 6.07) is 4.80. The number of rotatable bonds is 3. The summed E-state index contributed by atoms with van der Waals surface area (Å²) in [7, 11) is 0. The second kappa shape index (κ2) is 6.12. The maximum Gasteiger partial charge on any atom is 0.335 e. The molecule has 1 aromatic carbocycles. The Kier molecular flexibility index (Phi) is 4.17. The molecule has 1 aliphatic heterocycles. The number of hydrogen-bond acceptors (Lipinski definition) is 5. The van der Waals surface area contributed by atoms with Crippen molar-refractivity contribution in [2.45, 2.75) is 13.8 Å². The SMILES string of the molecule is Cc1noc(C)c1N1CCN(c2cc(C(=O)O)ccc2Cl)CC1. The first kappa shape index (κ1) is 15.7. The first-order chi connectivity index (χ1) is 11.0. The summed E-state index contributed by atoms with van der Waals surface area (Å²) in [6.07, 6.45) is 0. The molecule has 0 atom stereocenters. The number of carbonyl (C=O) groups is 1. The number of carboxylic acid groups (broad SMARTS) is 1. The molecule has 0 amide bonds. The molecule has 1 aliphatic rings. The fraction of sp³-hybridized carbons (Fsp3) is 0.375. The molecular formula is C16H18ClN3O3. The lowest BCUT2D eigenvalue weighted by Gasteiger charge is -2.37. The summed E-state index contributed by atoms with van der Waals surface area (Å²) in [4.78, 5) is 15.5. The molecule has 1 N–H and O–H groups in total. The second-order valence-electron chi connectivity index (χ2n) is 5.62. The van der Waals surface area contributed by atoms with Crippen LogP contribution in [0.25, 0.3) is 0 Å². The van der Waals surface area contributed by atoms with Crippen LogP contribution < -0.4 is 9.80 Å². The number of halogens is 1. The third-order valence-corrected chi connectivity index (χ3v) is 4.44. The minimum atomic E-state index is -0.947. The zero-order valence-corrected chi connectivity index (χ0v) is 13.8. The highest BCUT2D eigenvalue weighted by Crippen LogP contribution is 2.30. The van der Waals surface area contributed by atoms with Crippen molar-refractivity contribution >= 4 is 28.9 Å². The molecule has 23 heavy (non-hydrogen) atoms. The molecule has 122 valence electrons. The molecule has 2 heterocycles. The monoisotopic (exact) mass is 335 g/mol. The number of benzene rings is 1. The Balaban J connectivity index is 1.77. The van der Waals surface area contributed by atoms with Crippen LogP contribution in [-0.4, -0.2) is 42.4 Å². The van der Waals surface area contributed by atoms with Gasteiger partial charge in [0.15, 0.2) is 5.76 Å². The van der Waals surface area contributed by atoms with Crippen LogP contribution in [0, 0.1) is 13.8 Å². The largest absolute Gasteiger partial charge is 0.478 e. The Hall–Kier alpha value is -2.21. The number of aromatic nitrogens is 1. The summed E-state index contributed by atoms with van der Waals surface area (Å²) < 4.78 is 5.23. The maximum absolute atomic E-state index is 11.1. The molecular weight excluding hydrogens is 318 g/mol. The highest BCUT2D eigenvalue weighted by atomic mass is 35.5. The minimum Gasteiger partial charge on any atom is -0.478 e. The predicted octanol–water partition coefficient (Wildman–Crippen LogP) is 2.97. The van der Waals surface area contributed by atoms with Crippen molar-refractivity contribution in [2.24, 2.45) is 0 Å². The number of aromatic carboxylic acids is 1. The maximum atomic E-state index is 11.1. The smallest absolute Gasteiger partial charge is 0.335 e. The van der Waals surface area contributed by atoms with Gasteiger partial charge in [-0.2, -0.15) is 0 Å². The highest BCUT2D eigenvalue weighted by Gasteiger charge is 2.24. The zero-order valence-electron chi connectivity index (χ0n) is 13.0. The predicted molar refractivity (Wildman–Crippen MR) is 88.8 cm³/mol. The molecule has 6 nitrogen and oxygen atoms in total. The molecule has 0 spiro atoms. The molecule has 0 radical (unpaired) electrons. The number of piperazine rings is 1. The third-order valence-electron chi connectivity index (χ3n) is 4.13. The van der Waals surface area contributed by atoms with Crippen molar-refractivity contribution in [1.29, 1.82) is 0 Å². The molecule has 0 aliphatic carbocycles. The van der Waals surface area contributed by atoms with Gasteiger partial charge in [0.1, 0.15) is 11.4 Å². The summed E-state index contributed by atoms with van der Waals surface area (Å²) in [5.41, 5.74) is 2.96. The summed E-state index contributed by atoms with van der Waals surface area (Å²) >= 11 is 6.25. The van der Waals surface area contributed by atoms with Crippen LogP contribution in [0.1, 0.15) is 21.8 Å². The van der Waals surface area contributed by atoms with Gasteiger partial charge in [-0.25, -0.2) is 4.79 Å². The number of hydrogen-bond donors (Lipinski definition) is 1. The molecule has 7 heteroatoms. The van der Waals surface area contributed by atoms with E-state index in [2.05, 4.69) is 15.0 Å². The van der Waals surface area contributed by atoms with E-state index >= 15 is 0 Å². The summed E-state index contributed by atoms with van der Waals surface area (Å²) in [5, 5.41) is 13.7. The molecule has 1 fully saturated rings. The van der Waals surface area contributed by atoms with E-state index in [1.165, 1.54) is 6.07 Å². The lowest BCUT2D eigenvalue weighted by Crippen LogP contribution is -2.47. The number of nitrogens with zero attached hydrogens (tertiary/aromatic N) is 3. The lowest BCUT2D eigenvalue weighted by molar-refractivity contribution is 0.0697. The summed E-state index contributed by atoms with van der Waals surface area (Å²) in [5.74, 6) is -0.126. The average molecular weight is 336 g/mol. The normalized spacial score (nSPS) is 15.1. The molecule has 0 bridgehead atoms. The van der Waals surface area contributed by atoms with Crippen LogP contribution in [0.2, 0.25) is 5.02 Å². The van der Waals surface area contributed by atoms with Gasteiger partial charge in [0.05, 0.1) is 16.3 Å². The van der Waals surface area contributed by atoms with Crippen LogP contribution >= 0.6 is 11.6 Å². The fourth-order valence-corrected chi connectivity index (χ4v) is 3.23. The van der Waals surface area contributed by atoms with Crippen molar-refractivity contribution < 1.29 is 14.4 Å². The van der Waals surface area contributed by atoms with Crippen molar-refractivity contribution in [3.8, 4) is 0 Å². The molecule has 1 aromatic heterocycles. The molecule has 0 unspecified atom stereocenters. The Morgan fingerprint density at radius 1 is 1.22 bits per heavy atom. The van der Waals surface area contributed by atoms with E-state index in [9.17, 15) is 4.79 Å². The van der Waals surface area contributed by atoms with E-state index in [-0.39, 0.29) is 5.56 Å². The molecule has 1 saturated heterocycles. The molecule has 3 rings (SSSR count). The first-order valence-corrected chi connectivity index (χ1v) is 7.81. The Morgan fingerprint density at radius 3 is 2.43 bits per heavy atom. The number of anilines is 2. The van der Waals surface area contributed by atoms with Crippen LogP contribution in [0.4, 0.5) is 11.4 Å². The van der Waals surface area contributed by atoms with E-state index < -0.39 is 5.97 Å². The quantitative estimate of drug-likeness (QED) is 0.930. The zero-order chi connectivity index (χ0) is 16.6. The van der Waals surface area contributed by atoms with Gasteiger partial charge in [-0.15, -0.1) is 0 Å². The van der Waals surface area contributed by atoms with Gasteiger partial charge in [-0.1, -0.05) is 16.8 Å². The van der Waals surface area contributed by atoms with Crippen molar-refractivity contribution in [1.82, 2.24) is 5.16 Å². The lowest BCUT2D eigenvalue weighted by atomic mass is 10.1. The standard InChI is InChI=1S/C16H18ClN3O3/c1-10-15(11(2)23-18-10)20-7-5-19(6-8-20)14-9-12(16(21)22)3-4-13(14)17/h3-4,9H,5-8H2,1-2H3,(H,21,22). The Morgan fingerprint density at radius 2 is 1.87 bits per heavy atom. The van der Waals surface area contributed by atoms with Crippen LogP contribution in [-0.2, 0) is 0 Å². The topological polar surface area (TPSA) is 69.8 Å². The van der Waals surface area contributed by atoms with Gasteiger partial charge in [-0.3, -0.25) is 0 Å². The first-order valence-electron chi connectivity index (χ1n) is 7.43. The van der Waals surface area contributed by atoms with Crippen molar-refractivity contribution in [2.75, 3.05) is 36.0 Å². The summed E-state index contributed by atoms with van der Waals surface area (Å²) in [6.45, 7) is 6.97. The highest BCUT2D eigenvalue weighted by molar-refractivity contribution is 6.33. The van der Waals surface area contributed by atoms with Gasteiger partial charge in [0.25, 0.3) is 0 Å². The second-order valence-corrected chi connectivity index (χ2v) is 6.03. The van der Waals surface area contributed by atoms with E-state index in [1.54, 1.807) is 12.1 Å². The fourth-order valence-electron chi connectivity index (χ4n) is 2.99. The Labute approximate surface area is 139 Å². The van der Waals surface area contributed by atoms with Gasteiger partial charge in [-0.05, 0) is 32.0 Å². The molecule has 2 aromatic rings. The van der Waals surface area contributed by atoms with Crippen molar-refractivity contribution in [3.63, 3.8) is 0 Å². The van der Waals surface area contributed by atoms with E-state index in [4.69, 9.17) is 21.2 Å². The minimum absolute atomic E-state index is 0.248. The van der Waals surface area contributed by atoms with Gasteiger partial charge in [0, 0.05) is 26.2 Å². The van der Waals surface area contributed by atoms with Gasteiger partial charge < -0.3 is 19.4 Å². The van der Waals surface area contributed by atoms with Crippen LogP contribution in [0.5, 0.6) is 0 Å². The van der Waals surface area contributed by atoms with Gasteiger partial charge >= 0.3 is 5.97 Å². The number of aryl methyl sites for hydroxylation is 2.